The first-order chi connectivity index (χ1) is 6.29. The van der Waals surface area contributed by atoms with Crippen molar-refractivity contribution in [3.05, 3.63) is 24.0 Å². The van der Waals surface area contributed by atoms with Crippen LogP contribution in [-0.4, -0.2) is 24.1 Å². The van der Waals surface area contributed by atoms with E-state index in [4.69, 9.17) is 16.3 Å². The molecule has 0 aliphatic heterocycles. The summed E-state index contributed by atoms with van der Waals surface area (Å²) in [5, 5.41) is 0. The molecular formula is C8H8ClNO3. The van der Waals surface area contributed by atoms with Crippen LogP contribution >= 0.6 is 11.6 Å². The highest BCUT2D eigenvalue weighted by Crippen LogP contribution is 2.17. The standard InChI is InChI=1S/C8H8ClNO3/c1-12-8(11)6-4-10-3-2-7(6)13-5-9/h2-4H,5H2,1H3. The van der Waals surface area contributed by atoms with Gasteiger partial charge in [-0.25, -0.2) is 4.79 Å². The molecule has 0 atom stereocenters. The molecule has 5 heteroatoms. The number of hydrogen-bond donors (Lipinski definition) is 0. The first-order valence-electron chi connectivity index (χ1n) is 3.50. The van der Waals surface area contributed by atoms with Gasteiger partial charge in [-0.3, -0.25) is 4.98 Å². The van der Waals surface area contributed by atoms with Crippen LogP contribution in [0, 0.1) is 0 Å². The number of hydrogen-bond acceptors (Lipinski definition) is 4. The molecule has 0 bridgehead atoms. The van der Waals surface area contributed by atoms with E-state index in [0.717, 1.165) is 0 Å². The average molecular weight is 202 g/mol. The molecule has 4 nitrogen and oxygen atoms in total. The van der Waals surface area contributed by atoms with Crippen molar-refractivity contribution < 1.29 is 14.3 Å². The average Bonchev–Trinajstić information content (AvgIpc) is 2.18. The molecule has 0 N–H and O–H groups in total. The van der Waals surface area contributed by atoms with Crippen LogP contribution in [0.4, 0.5) is 0 Å². The largest absolute Gasteiger partial charge is 0.477 e. The lowest BCUT2D eigenvalue weighted by molar-refractivity contribution is 0.0596. The third-order valence-electron chi connectivity index (χ3n) is 1.40. The summed E-state index contributed by atoms with van der Waals surface area (Å²) in [5.41, 5.74) is 0.269. The summed E-state index contributed by atoms with van der Waals surface area (Å²) in [7, 11) is 1.29. The molecule has 0 saturated heterocycles. The summed E-state index contributed by atoms with van der Waals surface area (Å²) in [6.45, 7) is 0. The highest BCUT2D eigenvalue weighted by Gasteiger charge is 2.12. The second-order valence-electron chi connectivity index (χ2n) is 2.12. The van der Waals surface area contributed by atoms with Crippen molar-refractivity contribution in [2.45, 2.75) is 0 Å². The Labute approximate surface area is 80.4 Å². The third kappa shape index (κ3) is 2.32. The summed E-state index contributed by atoms with van der Waals surface area (Å²) in [6, 6.07) is 1.53. The number of esters is 1. The second-order valence-corrected chi connectivity index (χ2v) is 2.34. The van der Waals surface area contributed by atoms with E-state index in [2.05, 4.69) is 9.72 Å². The Morgan fingerprint density at radius 1 is 1.69 bits per heavy atom. The lowest BCUT2D eigenvalue weighted by Gasteiger charge is -2.05. The molecule has 0 unspecified atom stereocenters. The summed E-state index contributed by atoms with van der Waals surface area (Å²) < 4.78 is 9.51. The van der Waals surface area contributed by atoms with Crippen LogP contribution in [0.2, 0.25) is 0 Å². The van der Waals surface area contributed by atoms with Crippen molar-refractivity contribution in [1.82, 2.24) is 4.98 Å². The number of aromatic nitrogens is 1. The van der Waals surface area contributed by atoms with Crippen molar-refractivity contribution in [2.24, 2.45) is 0 Å². The van der Waals surface area contributed by atoms with E-state index in [9.17, 15) is 4.79 Å². The fourth-order valence-corrected chi connectivity index (χ4v) is 0.947. The Morgan fingerprint density at radius 3 is 3.08 bits per heavy atom. The molecule has 0 aromatic carbocycles. The van der Waals surface area contributed by atoms with Crippen LogP contribution < -0.4 is 4.74 Å². The molecule has 70 valence electrons. The predicted molar refractivity (Wildman–Crippen MR) is 46.9 cm³/mol. The maximum atomic E-state index is 11.1. The van der Waals surface area contributed by atoms with E-state index in [1.54, 1.807) is 6.07 Å². The molecule has 1 heterocycles. The predicted octanol–water partition coefficient (Wildman–Crippen LogP) is 1.44. The Hall–Kier alpha value is -1.29. The van der Waals surface area contributed by atoms with E-state index in [1.807, 2.05) is 0 Å². The lowest BCUT2D eigenvalue weighted by atomic mass is 10.2. The van der Waals surface area contributed by atoms with Crippen LogP contribution in [0.1, 0.15) is 10.4 Å². The number of carbonyl (C=O) groups is 1. The van der Waals surface area contributed by atoms with Gasteiger partial charge in [0.05, 0.1) is 7.11 Å². The van der Waals surface area contributed by atoms with Gasteiger partial charge >= 0.3 is 5.97 Å². The van der Waals surface area contributed by atoms with Gasteiger partial charge in [0.1, 0.15) is 11.3 Å². The molecule has 0 spiro atoms. The number of methoxy groups -OCH3 is 1. The molecule has 1 aromatic heterocycles. The molecule has 1 aromatic rings. The van der Waals surface area contributed by atoms with E-state index < -0.39 is 5.97 Å². The summed E-state index contributed by atoms with van der Waals surface area (Å²) >= 11 is 5.36. The number of nitrogens with zero attached hydrogens (tertiary/aromatic N) is 1. The highest BCUT2D eigenvalue weighted by molar-refractivity contribution is 6.17. The normalized spacial score (nSPS) is 9.38. The zero-order chi connectivity index (χ0) is 9.68. The van der Waals surface area contributed by atoms with Gasteiger partial charge in [-0.05, 0) is 6.07 Å². The number of pyridine rings is 1. The maximum absolute atomic E-state index is 11.1. The Kier molecular flexibility index (Phi) is 3.52. The van der Waals surface area contributed by atoms with E-state index >= 15 is 0 Å². The Balaban J connectivity index is 2.97. The molecule has 0 radical (unpaired) electrons. The second kappa shape index (κ2) is 4.67. The molecular weight excluding hydrogens is 194 g/mol. The molecule has 0 amide bonds. The zero-order valence-corrected chi connectivity index (χ0v) is 7.75. The van der Waals surface area contributed by atoms with Crippen LogP contribution in [0.5, 0.6) is 5.75 Å². The van der Waals surface area contributed by atoms with Gasteiger partial charge in [0.15, 0.2) is 6.07 Å². The summed E-state index contributed by atoms with van der Waals surface area (Å²) in [5.74, 6) is -0.120. The van der Waals surface area contributed by atoms with Gasteiger partial charge in [-0.1, -0.05) is 11.6 Å². The van der Waals surface area contributed by atoms with Crippen molar-refractivity contribution in [1.29, 1.82) is 0 Å². The number of halogens is 1. The zero-order valence-electron chi connectivity index (χ0n) is 6.99. The molecule has 0 aliphatic carbocycles. The van der Waals surface area contributed by atoms with Crippen LogP contribution in [0.3, 0.4) is 0 Å². The van der Waals surface area contributed by atoms with Crippen molar-refractivity contribution in [3.63, 3.8) is 0 Å². The summed E-state index contributed by atoms with van der Waals surface area (Å²) in [6.07, 6.45) is 2.88. The quantitative estimate of drug-likeness (QED) is 0.549. The number of ether oxygens (including phenoxy) is 2. The minimum atomic E-state index is -0.492. The lowest BCUT2D eigenvalue weighted by Crippen LogP contribution is -2.05. The molecule has 0 aliphatic rings. The van der Waals surface area contributed by atoms with Crippen molar-refractivity contribution in [2.75, 3.05) is 13.2 Å². The fraction of sp³-hybridized carbons (Fsp3) is 0.250. The third-order valence-corrected chi connectivity index (χ3v) is 1.51. The van der Waals surface area contributed by atoms with Crippen LogP contribution in [0.15, 0.2) is 18.5 Å². The van der Waals surface area contributed by atoms with Crippen molar-refractivity contribution in [3.8, 4) is 5.75 Å². The van der Waals surface area contributed by atoms with Crippen LogP contribution in [-0.2, 0) is 4.74 Å². The van der Waals surface area contributed by atoms with Crippen molar-refractivity contribution >= 4 is 17.6 Å². The monoisotopic (exact) mass is 201 g/mol. The Morgan fingerprint density at radius 2 is 2.46 bits per heavy atom. The van der Waals surface area contributed by atoms with Crippen LogP contribution in [0.25, 0.3) is 0 Å². The first-order valence-corrected chi connectivity index (χ1v) is 4.04. The van der Waals surface area contributed by atoms with Gasteiger partial charge in [-0.15, -0.1) is 0 Å². The van der Waals surface area contributed by atoms with E-state index in [1.165, 1.54) is 19.5 Å². The van der Waals surface area contributed by atoms with Gasteiger partial charge in [0, 0.05) is 12.4 Å². The number of rotatable bonds is 3. The van der Waals surface area contributed by atoms with Gasteiger partial charge < -0.3 is 9.47 Å². The molecule has 1 rings (SSSR count). The van der Waals surface area contributed by atoms with Gasteiger partial charge in [-0.2, -0.15) is 0 Å². The molecule has 13 heavy (non-hydrogen) atoms. The SMILES string of the molecule is COC(=O)c1cnccc1OCCl. The highest BCUT2D eigenvalue weighted by atomic mass is 35.5. The van der Waals surface area contributed by atoms with E-state index in [-0.39, 0.29) is 11.6 Å². The number of carbonyl (C=O) groups excluding carboxylic acids is 1. The smallest absolute Gasteiger partial charge is 0.343 e. The molecule has 0 saturated carbocycles. The first kappa shape index (κ1) is 9.80. The number of alkyl halides is 1. The minimum absolute atomic E-state index is 0.0198. The summed E-state index contributed by atoms with van der Waals surface area (Å²) in [4.78, 5) is 14.9. The fourth-order valence-electron chi connectivity index (χ4n) is 0.830. The maximum Gasteiger partial charge on any atom is 0.343 e. The molecule has 0 fully saturated rings. The topological polar surface area (TPSA) is 48.4 Å². The minimum Gasteiger partial charge on any atom is -0.477 e. The van der Waals surface area contributed by atoms with Gasteiger partial charge in [0.2, 0.25) is 0 Å². The Bertz CT molecular complexity index is 303. The van der Waals surface area contributed by atoms with E-state index in [0.29, 0.717) is 5.75 Å². The van der Waals surface area contributed by atoms with Gasteiger partial charge in [0.25, 0.3) is 0 Å².